The third-order valence-corrected chi connectivity index (χ3v) is 8.05. The maximum absolute atomic E-state index is 13.7. The minimum Gasteiger partial charge on any atom is -0.497 e. The number of hydrogen-bond acceptors (Lipinski definition) is 5. The zero-order valence-corrected chi connectivity index (χ0v) is 22.2. The monoisotopic (exact) mass is 529 g/mol. The molecule has 0 atom stereocenters. The van der Waals surface area contributed by atoms with Crippen LogP contribution in [0.2, 0.25) is 0 Å². The Hall–Kier alpha value is -4.14. The Morgan fingerprint density at radius 3 is 2.59 bits per heavy atom. The second-order valence-corrected chi connectivity index (χ2v) is 10.4. The summed E-state index contributed by atoms with van der Waals surface area (Å²) in [6.45, 7) is 4.62. The number of halogens is 1. The Morgan fingerprint density at radius 2 is 1.79 bits per heavy atom. The van der Waals surface area contributed by atoms with E-state index in [2.05, 4.69) is 15.2 Å². The normalized spacial score (nSPS) is 17.4. The summed E-state index contributed by atoms with van der Waals surface area (Å²) in [6.07, 6.45) is 3.08. The van der Waals surface area contributed by atoms with E-state index in [4.69, 9.17) is 4.74 Å². The van der Waals surface area contributed by atoms with Gasteiger partial charge in [0.1, 0.15) is 17.3 Å². The van der Waals surface area contributed by atoms with Crippen molar-refractivity contribution in [2.75, 3.05) is 48.4 Å². The maximum atomic E-state index is 13.7. The zero-order chi connectivity index (χ0) is 27.1. The first kappa shape index (κ1) is 25.2. The number of nitrogens with zero attached hydrogens (tertiary/aromatic N) is 4. The summed E-state index contributed by atoms with van der Waals surface area (Å²) in [5.74, 6) is 0.334. The number of ether oxygens (including phenoxy) is 1. The number of carbonyl (C=O) groups is 2. The fourth-order valence-corrected chi connectivity index (χ4v) is 6.00. The van der Waals surface area contributed by atoms with Gasteiger partial charge in [0.15, 0.2) is 0 Å². The van der Waals surface area contributed by atoms with Gasteiger partial charge in [0, 0.05) is 55.0 Å². The summed E-state index contributed by atoms with van der Waals surface area (Å²) in [5, 5.41) is 3.07. The highest BCUT2D eigenvalue weighted by atomic mass is 19.1. The number of rotatable bonds is 4. The van der Waals surface area contributed by atoms with E-state index in [1.54, 1.807) is 18.1 Å². The van der Waals surface area contributed by atoms with E-state index in [-0.39, 0.29) is 23.8 Å². The molecule has 3 amide bonds. The average Bonchev–Trinajstić information content (AvgIpc) is 3.28. The molecular weight excluding hydrogens is 497 g/mol. The number of hydrogen-bond donors (Lipinski definition) is 1. The van der Waals surface area contributed by atoms with Gasteiger partial charge in [-0.2, -0.15) is 0 Å². The van der Waals surface area contributed by atoms with Crippen molar-refractivity contribution in [3.63, 3.8) is 0 Å². The van der Waals surface area contributed by atoms with E-state index in [1.807, 2.05) is 42.2 Å². The first-order valence-corrected chi connectivity index (χ1v) is 13.5. The highest BCUT2D eigenvalue weighted by Gasteiger charge is 2.31. The number of anilines is 3. The fraction of sp³-hybridized carbons (Fsp3) is 0.367. The molecule has 0 bridgehead atoms. The Bertz CT molecular complexity index is 1440. The third-order valence-electron chi connectivity index (χ3n) is 8.05. The van der Waals surface area contributed by atoms with Crippen LogP contribution >= 0.6 is 0 Å². The summed E-state index contributed by atoms with van der Waals surface area (Å²) in [5.41, 5.74) is 5.65. The molecule has 0 aliphatic carbocycles. The van der Waals surface area contributed by atoms with Crippen LogP contribution in [0.15, 0.2) is 48.5 Å². The molecule has 1 aromatic heterocycles. The van der Waals surface area contributed by atoms with E-state index >= 15 is 0 Å². The van der Waals surface area contributed by atoms with Crippen LogP contribution in [0.3, 0.4) is 0 Å². The van der Waals surface area contributed by atoms with Crippen LogP contribution in [0.5, 0.6) is 5.75 Å². The van der Waals surface area contributed by atoms with Gasteiger partial charge >= 0.3 is 6.03 Å². The molecule has 0 spiro atoms. The summed E-state index contributed by atoms with van der Waals surface area (Å²) >= 11 is 0. The van der Waals surface area contributed by atoms with Crippen LogP contribution in [0.25, 0.3) is 0 Å². The second-order valence-electron chi connectivity index (χ2n) is 10.4. The molecule has 0 unspecified atom stereocenters. The van der Waals surface area contributed by atoms with Crippen molar-refractivity contribution in [3.8, 4) is 5.75 Å². The number of nitrogens with one attached hydrogen (secondary N) is 1. The van der Waals surface area contributed by atoms with Crippen molar-refractivity contribution < 1.29 is 18.7 Å². The summed E-state index contributed by atoms with van der Waals surface area (Å²) in [6, 6.07) is 14.3. The van der Waals surface area contributed by atoms with E-state index in [1.165, 1.54) is 12.1 Å². The molecule has 8 nitrogen and oxygen atoms in total. The average molecular weight is 530 g/mol. The van der Waals surface area contributed by atoms with E-state index < -0.39 is 0 Å². The number of aromatic nitrogens is 1. The molecule has 4 heterocycles. The molecule has 1 N–H and O–H groups in total. The molecule has 0 saturated carbocycles. The zero-order valence-electron chi connectivity index (χ0n) is 22.2. The molecule has 2 aromatic carbocycles. The Morgan fingerprint density at radius 1 is 1.00 bits per heavy atom. The van der Waals surface area contributed by atoms with Crippen LogP contribution in [0, 0.1) is 12.7 Å². The summed E-state index contributed by atoms with van der Waals surface area (Å²) < 4.78 is 19.0. The number of amides is 3. The third kappa shape index (κ3) is 4.89. The summed E-state index contributed by atoms with van der Waals surface area (Å²) in [7, 11) is 1.65. The number of methoxy groups -OCH3 is 1. The van der Waals surface area contributed by atoms with Gasteiger partial charge in [-0.25, -0.2) is 14.2 Å². The number of carbonyl (C=O) groups excluding carboxylic acids is 2. The Balaban J connectivity index is 1.13. The van der Waals surface area contributed by atoms with E-state index in [0.717, 1.165) is 72.0 Å². The largest absolute Gasteiger partial charge is 0.497 e. The van der Waals surface area contributed by atoms with Gasteiger partial charge in [0.05, 0.1) is 7.11 Å². The SMILES string of the molecule is COc1ccc2c(c1)CCN(C1CCN(c3cc(C)nc(C(=O)N4CCc5cc(F)ccc54)c3)CC1)C(=O)N2. The quantitative estimate of drug-likeness (QED) is 0.526. The summed E-state index contributed by atoms with van der Waals surface area (Å²) in [4.78, 5) is 37.0. The van der Waals surface area contributed by atoms with Crippen molar-refractivity contribution >= 4 is 29.0 Å². The standard InChI is InChI=1S/C30H32FN5O3/c1-19-15-24(18-27(32-19)29(37)36-14-8-21-16-22(31)3-6-28(21)36)34-11-9-23(10-12-34)35-13-7-20-17-25(39-2)4-5-26(20)33-30(35)38/h3-6,15-18,23H,7-14H2,1-2H3,(H,33,38). The van der Waals surface area contributed by atoms with Gasteiger partial charge < -0.3 is 24.8 Å². The van der Waals surface area contributed by atoms with Crippen LogP contribution in [-0.2, 0) is 12.8 Å². The minimum absolute atomic E-state index is 0.0595. The lowest BCUT2D eigenvalue weighted by molar-refractivity contribution is 0.0984. The first-order chi connectivity index (χ1) is 18.9. The van der Waals surface area contributed by atoms with Gasteiger partial charge in [-0.15, -0.1) is 0 Å². The van der Waals surface area contributed by atoms with Gasteiger partial charge in [0.2, 0.25) is 0 Å². The number of benzene rings is 2. The van der Waals surface area contributed by atoms with Crippen LogP contribution in [-0.4, -0.2) is 61.2 Å². The van der Waals surface area contributed by atoms with Crippen molar-refractivity contribution in [2.24, 2.45) is 0 Å². The lowest BCUT2D eigenvalue weighted by Crippen LogP contribution is -2.49. The van der Waals surface area contributed by atoms with Crippen molar-refractivity contribution in [2.45, 2.75) is 38.6 Å². The lowest BCUT2D eigenvalue weighted by atomic mass is 10.0. The first-order valence-electron chi connectivity index (χ1n) is 13.5. The van der Waals surface area contributed by atoms with Crippen molar-refractivity contribution in [3.05, 3.63) is 76.9 Å². The molecule has 0 radical (unpaired) electrons. The molecule has 3 aliphatic heterocycles. The molecule has 39 heavy (non-hydrogen) atoms. The van der Waals surface area contributed by atoms with Crippen molar-refractivity contribution in [1.29, 1.82) is 0 Å². The minimum atomic E-state index is -0.287. The van der Waals surface area contributed by atoms with Crippen LogP contribution in [0.1, 0.15) is 40.2 Å². The van der Waals surface area contributed by atoms with Gasteiger partial charge in [-0.05, 0) is 92.3 Å². The van der Waals surface area contributed by atoms with Crippen LogP contribution in [0.4, 0.5) is 26.2 Å². The highest BCUT2D eigenvalue weighted by Crippen LogP contribution is 2.32. The van der Waals surface area contributed by atoms with Gasteiger partial charge in [-0.3, -0.25) is 4.79 Å². The Kier molecular flexibility index (Phi) is 6.58. The van der Waals surface area contributed by atoms with Gasteiger partial charge in [-0.1, -0.05) is 0 Å². The lowest BCUT2D eigenvalue weighted by Gasteiger charge is -2.39. The smallest absolute Gasteiger partial charge is 0.322 e. The molecule has 1 saturated heterocycles. The number of piperidine rings is 1. The molecular formula is C30H32FN5O3. The molecule has 3 aromatic rings. The topological polar surface area (TPSA) is 78.0 Å². The predicted octanol–water partition coefficient (Wildman–Crippen LogP) is 4.80. The number of urea groups is 1. The van der Waals surface area contributed by atoms with Crippen molar-refractivity contribution in [1.82, 2.24) is 9.88 Å². The van der Waals surface area contributed by atoms with E-state index in [0.29, 0.717) is 25.2 Å². The molecule has 6 rings (SSSR count). The molecule has 1 fully saturated rings. The van der Waals surface area contributed by atoms with Crippen LogP contribution < -0.4 is 19.9 Å². The number of fused-ring (bicyclic) bond motifs is 2. The molecule has 3 aliphatic rings. The second kappa shape index (κ2) is 10.2. The van der Waals surface area contributed by atoms with E-state index in [9.17, 15) is 14.0 Å². The predicted molar refractivity (Wildman–Crippen MR) is 148 cm³/mol. The van der Waals surface area contributed by atoms with Gasteiger partial charge in [0.25, 0.3) is 5.91 Å². The fourth-order valence-electron chi connectivity index (χ4n) is 6.00. The maximum Gasteiger partial charge on any atom is 0.322 e. The molecule has 9 heteroatoms. The number of pyridine rings is 1. The Labute approximate surface area is 227 Å². The number of aryl methyl sites for hydroxylation is 1. The highest BCUT2D eigenvalue weighted by molar-refractivity contribution is 6.06. The molecule has 202 valence electrons.